The van der Waals surface area contributed by atoms with Crippen LogP contribution in [0.3, 0.4) is 0 Å². The lowest BCUT2D eigenvalue weighted by Gasteiger charge is -2.28. The van der Waals surface area contributed by atoms with E-state index in [4.69, 9.17) is 4.74 Å². The Hall–Kier alpha value is -2.54. The van der Waals surface area contributed by atoms with Crippen molar-refractivity contribution < 1.29 is 17.9 Å². The van der Waals surface area contributed by atoms with Crippen LogP contribution in [0.5, 0.6) is 5.75 Å². The molecule has 0 aliphatic heterocycles. The highest BCUT2D eigenvalue weighted by Gasteiger charge is 2.29. The second-order valence-electron chi connectivity index (χ2n) is 8.21. The SMILES string of the molecule is Cc1ccc(N(C(C)C(=O)NCCCc2ccc(OC(C)C)cc2)S(C)(=O)=O)cc1C. The topological polar surface area (TPSA) is 75.7 Å². The summed E-state index contributed by atoms with van der Waals surface area (Å²) in [7, 11) is -3.62. The summed E-state index contributed by atoms with van der Waals surface area (Å²) in [5.41, 5.74) is 3.70. The molecule has 1 N–H and O–H groups in total. The van der Waals surface area contributed by atoms with E-state index in [2.05, 4.69) is 5.32 Å². The van der Waals surface area contributed by atoms with Gasteiger partial charge in [-0.05, 0) is 88.4 Å². The van der Waals surface area contributed by atoms with E-state index in [0.29, 0.717) is 12.2 Å². The van der Waals surface area contributed by atoms with Gasteiger partial charge in [0.05, 0.1) is 18.0 Å². The normalized spacial score (nSPS) is 12.5. The number of hydrogen-bond acceptors (Lipinski definition) is 4. The van der Waals surface area contributed by atoms with Gasteiger partial charge in [-0.25, -0.2) is 8.42 Å². The minimum atomic E-state index is -3.62. The van der Waals surface area contributed by atoms with E-state index < -0.39 is 16.1 Å². The van der Waals surface area contributed by atoms with Gasteiger partial charge in [-0.1, -0.05) is 18.2 Å². The first-order valence-corrected chi connectivity index (χ1v) is 12.4. The molecule has 0 aliphatic carbocycles. The Labute approximate surface area is 186 Å². The second-order valence-corrected chi connectivity index (χ2v) is 10.1. The lowest BCUT2D eigenvalue weighted by atomic mass is 10.1. The minimum absolute atomic E-state index is 0.137. The molecule has 0 aliphatic rings. The second kappa shape index (κ2) is 10.7. The van der Waals surface area contributed by atoms with E-state index in [9.17, 15) is 13.2 Å². The lowest BCUT2D eigenvalue weighted by Crippen LogP contribution is -2.48. The van der Waals surface area contributed by atoms with Crippen LogP contribution < -0.4 is 14.4 Å². The van der Waals surface area contributed by atoms with Gasteiger partial charge in [-0.15, -0.1) is 0 Å². The van der Waals surface area contributed by atoms with Gasteiger partial charge in [0, 0.05) is 6.54 Å². The van der Waals surface area contributed by atoms with Crippen molar-refractivity contribution in [1.82, 2.24) is 5.32 Å². The summed E-state index contributed by atoms with van der Waals surface area (Å²) in [6, 6.07) is 12.5. The maximum Gasteiger partial charge on any atom is 0.243 e. The molecule has 31 heavy (non-hydrogen) atoms. The smallest absolute Gasteiger partial charge is 0.243 e. The molecular weight excluding hydrogens is 412 g/mol. The van der Waals surface area contributed by atoms with Crippen LogP contribution in [0.1, 0.15) is 43.9 Å². The zero-order valence-corrected chi connectivity index (χ0v) is 20.1. The molecule has 0 saturated heterocycles. The van der Waals surface area contributed by atoms with Crippen LogP contribution in [-0.2, 0) is 21.2 Å². The summed E-state index contributed by atoms with van der Waals surface area (Å²) < 4.78 is 31.7. The Morgan fingerprint density at radius 2 is 1.68 bits per heavy atom. The number of sulfonamides is 1. The molecule has 0 radical (unpaired) electrons. The first kappa shape index (κ1) is 24.7. The first-order valence-electron chi connectivity index (χ1n) is 10.6. The van der Waals surface area contributed by atoms with Crippen LogP contribution in [0.15, 0.2) is 42.5 Å². The standard InChI is InChI=1S/C24H34N2O4S/c1-17(2)30-23-13-10-21(11-14-23)8-7-15-25-24(27)20(5)26(31(6,28)29)22-12-9-18(3)19(4)16-22/h9-14,16-17,20H,7-8,15H2,1-6H3,(H,25,27). The van der Waals surface area contributed by atoms with Crippen LogP contribution in [0.25, 0.3) is 0 Å². The fourth-order valence-electron chi connectivity index (χ4n) is 3.33. The number of amides is 1. The third kappa shape index (κ3) is 7.28. The van der Waals surface area contributed by atoms with E-state index >= 15 is 0 Å². The number of nitrogens with one attached hydrogen (secondary N) is 1. The summed E-state index contributed by atoms with van der Waals surface area (Å²) in [6.45, 7) is 9.94. The summed E-state index contributed by atoms with van der Waals surface area (Å²) in [5, 5.41) is 2.87. The van der Waals surface area contributed by atoms with E-state index in [-0.39, 0.29) is 12.0 Å². The van der Waals surface area contributed by atoms with Gasteiger partial charge in [-0.2, -0.15) is 0 Å². The van der Waals surface area contributed by atoms with Gasteiger partial charge in [0.25, 0.3) is 0 Å². The quantitative estimate of drug-likeness (QED) is 0.560. The zero-order valence-electron chi connectivity index (χ0n) is 19.3. The van der Waals surface area contributed by atoms with Gasteiger partial charge < -0.3 is 10.1 Å². The predicted molar refractivity (Wildman–Crippen MR) is 126 cm³/mol. The Morgan fingerprint density at radius 1 is 1.03 bits per heavy atom. The van der Waals surface area contributed by atoms with Crippen molar-refractivity contribution in [2.75, 3.05) is 17.1 Å². The Morgan fingerprint density at radius 3 is 2.23 bits per heavy atom. The van der Waals surface area contributed by atoms with Crippen molar-refractivity contribution in [1.29, 1.82) is 0 Å². The van der Waals surface area contributed by atoms with Crippen LogP contribution in [0.2, 0.25) is 0 Å². The first-order chi connectivity index (χ1) is 14.5. The Kier molecular flexibility index (Phi) is 8.51. The maximum absolute atomic E-state index is 12.7. The summed E-state index contributed by atoms with van der Waals surface area (Å²) >= 11 is 0. The number of anilines is 1. The van der Waals surface area contributed by atoms with E-state index in [1.54, 1.807) is 19.1 Å². The van der Waals surface area contributed by atoms with Gasteiger partial charge in [0.15, 0.2) is 0 Å². The average molecular weight is 447 g/mol. The van der Waals surface area contributed by atoms with Crippen molar-refractivity contribution in [2.45, 2.75) is 59.6 Å². The average Bonchev–Trinajstić information content (AvgIpc) is 2.67. The molecule has 2 rings (SSSR count). The number of rotatable bonds is 10. The summed E-state index contributed by atoms with van der Waals surface area (Å²) in [6.07, 6.45) is 2.83. The van der Waals surface area contributed by atoms with Gasteiger partial charge in [0.2, 0.25) is 15.9 Å². The Bertz CT molecular complexity index is 985. The van der Waals surface area contributed by atoms with Crippen molar-refractivity contribution in [3.63, 3.8) is 0 Å². The van der Waals surface area contributed by atoms with Gasteiger partial charge >= 0.3 is 0 Å². The van der Waals surface area contributed by atoms with Crippen LogP contribution >= 0.6 is 0 Å². The van der Waals surface area contributed by atoms with E-state index in [1.165, 1.54) is 4.31 Å². The number of carbonyl (C=O) groups is 1. The molecular formula is C24H34N2O4S. The number of aryl methyl sites for hydroxylation is 3. The number of ether oxygens (including phenoxy) is 1. The highest BCUT2D eigenvalue weighted by Crippen LogP contribution is 2.23. The molecule has 6 nitrogen and oxygen atoms in total. The van der Waals surface area contributed by atoms with Crippen molar-refractivity contribution in [2.24, 2.45) is 0 Å². The van der Waals surface area contributed by atoms with Crippen molar-refractivity contribution in [3.8, 4) is 5.75 Å². The molecule has 0 bridgehead atoms. The summed E-state index contributed by atoms with van der Waals surface area (Å²) in [4.78, 5) is 12.7. The molecule has 170 valence electrons. The zero-order chi connectivity index (χ0) is 23.2. The number of carbonyl (C=O) groups excluding carboxylic acids is 1. The van der Waals surface area contributed by atoms with Crippen LogP contribution in [0, 0.1) is 13.8 Å². The highest BCUT2D eigenvalue weighted by molar-refractivity contribution is 7.92. The molecule has 0 fully saturated rings. The van der Waals surface area contributed by atoms with Crippen molar-refractivity contribution >= 4 is 21.6 Å². The molecule has 0 heterocycles. The molecule has 1 atom stereocenters. The molecule has 0 saturated carbocycles. The fourth-order valence-corrected chi connectivity index (χ4v) is 4.50. The van der Waals surface area contributed by atoms with Crippen LogP contribution in [0.4, 0.5) is 5.69 Å². The van der Waals surface area contributed by atoms with E-state index in [0.717, 1.165) is 41.5 Å². The van der Waals surface area contributed by atoms with Gasteiger partial charge in [0.1, 0.15) is 11.8 Å². The molecule has 1 unspecified atom stereocenters. The lowest BCUT2D eigenvalue weighted by molar-refractivity contribution is -0.121. The monoisotopic (exact) mass is 446 g/mol. The van der Waals surface area contributed by atoms with Crippen molar-refractivity contribution in [3.05, 3.63) is 59.2 Å². The molecule has 1 amide bonds. The number of nitrogens with zero attached hydrogens (tertiary/aromatic N) is 1. The van der Waals surface area contributed by atoms with Crippen LogP contribution in [-0.4, -0.2) is 39.3 Å². The number of benzene rings is 2. The number of hydrogen-bond donors (Lipinski definition) is 1. The molecule has 0 aromatic heterocycles. The Balaban J connectivity index is 1.94. The fraction of sp³-hybridized carbons (Fsp3) is 0.458. The molecule has 2 aromatic rings. The third-order valence-corrected chi connectivity index (χ3v) is 6.31. The minimum Gasteiger partial charge on any atom is -0.491 e. The maximum atomic E-state index is 12.7. The largest absolute Gasteiger partial charge is 0.491 e. The molecule has 2 aromatic carbocycles. The summed E-state index contributed by atoms with van der Waals surface area (Å²) in [5.74, 6) is 0.525. The predicted octanol–water partition coefficient (Wildman–Crippen LogP) is 3.99. The molecule has 0 spiro atoms. The third-order valence-electron chi connectivity index (χ3n) is 5.07. The molecule has 7 heteroatoms. The van der Waals surface area contributed by atoms with Gasteiger partial charge in [-0.3, -0.25) is 9.10 Å². The van der Waals surface area contributed by atoms with E-state index in [1.807, 2.05) is 58.0 Å². The highest BCUT2D eigenvalue weighted by atomic mass is 32.2.